The van der Waals surface area contributed by atoms with Crippen LogP contribution in [0.3, 0.4) is 0 Å². The first-order valence-corrected chi connectivity index (χ1v) is 6.44. The number of pyridine rings is 1. The van der Waals surface area contributed by atoms with Crippen molar-refractivity contribution < 1.29 is 4.79 Å². The minimum atomic E-state index is 0.0326. The summed E-state index contributed by atoms with van der Waals surface area (Å²) < 4.78 is 0. The maximum absolute atomic E-state index is 12.2. The number of nitrogens with two attached hydrogens (primary N) is 1. The van der Waals surface area contributed by atoms with Crippen LogP contribution in [0, 0.1) is 0 Å². The van der Waals surface area contributed by atoms with Crippen molar-refractivity contribution in [2.24, 2.45) is 5.73 Å². The summed E-state index contributed by atoms with van der Waals surface area (Å²) in [7, 11) is 0. The van der Waals surface area contributed by atoms with E-state index < -0.39 is 0 Å². The highest BCUT2D eigenvalue weighted by molar-refractivity contribution is 5.92. The standard InChI is InChI=1S/C13H20N4O/c14-5-9-16-7-3-8-17(11-10-16)13(18)12-4-1-2-6-15-12/h1-2,4,6H,3,5,7-11,14H2. The van der Waals surface area contributed by atoms with Crippen LogP contribution in [0.1, 0.15) is 16.9 Å². The van der Waals surface area contributed by atoms with Gasteiger partial charge in [0.2, 0.25) is 0 Å². The molecule has 0 radical (unpaired) electrons. The minimum Gasteiger partial charge on any atom is -0.336 e. The summed E-state index contributed by atoms with van der Waals surface area (Å²) >= 11 is 0. The molecule has 98 valence electrons. The second-order valence-corrected chi connectivity index (χ2v) is 4.49. The van der Waals surface area contributed by atoms with E-state index in [4.69, 9.17) is 5.73 Å². The summed E-state index contributed by atoms with van der Waals surface area (Å²) in [4.78, 5) is 20.6. The van der Waals surface area contributed by atoms with Gasteiger partial charge in [0.05, 0.1) is 0 Å². The lowest BCUT2D eigenvalue weighted by Crippen LogP contribution is -2.36. The summed E-state index contributed by atoms with van der Waals surface area (Å²) in [5.41, 5.74) is 6.10. The molecule has 1 saturated heterocycles. The molecular weight excluding hydrogens is 228 g/mol. The molecule has 0 unspecified atom stereocenters. The van der Waals surface area contributed by atoms with Gasteiger partial charge in [0.15, 0.2) is 0 Å². The second-order valence-electron chi connectivity index (χ2n) is 4.49. The second kappa shape index (κ2) is 6.47. The summed E-state index contributed by atoms with van der Waals surface area (Å²) in [6.07, 6.45) is 2.66. The Balaban J connectivity index is 1.96. The Bertz CT molecular complexity index is 382. The number of carbonyl (C=O) groups excluding carboxylic acids is 1. The van der Waals surface area contributed by atoms with Crippen LogP contribution in [0.15, 0.2) is 24.4 Å². The fourth-order valence-corrected chi connectivity index (χ4v) is 2.23. The Morgan fingerprint density at radius 2 is 2.17 bits per heavy atom. The molecule has 1 amide bonds. The van der Waals surface area contributed by atoms with E-state index in [2.05, 4.69) is 9.88 Å². The van der Waals surface area contributed by atoms with Crippen molar-refractivity contribution >= 4 is 5.91 Å². The number of carbonyl (C=O) groups is 1. The molecule has 0 saturated carbocycles. The molecule has 18 heavy (non-hydrogen) atoms. The van der Waals surface area contributed by atoms with E-state index in [1.54, 1.807) is 12.3 Å². The van der Waals surface area contributed by atoms with Crippen molar-refractivity contribution in [1.29, 1.82) is 0 Å². The van der Waals surface area contributed by atoms with Crippen molar-refractivity contribution in [3.8, 4) is 0 Å². The summed E-state index contributed by atoms with van der Waals surface area (Å²) in [6, 6.07) is 5.44. The lowest BCUT2D eigenvalue weighted by Gasteiger charge is -2.21. The van der Waals surface area contributed by atoms with Crippen molar-refractivity contribution in [2.75, 3.05) is 39.3 Å². The van der Waals surface area contributed by atoms with Gasteiger partial charge in [-0.1, -0.05) is 6.07 Å². The Hall–Kier alpha value is -1.46. The smallest absolute Gasteiger partial charge is 0.272 e. The Morgan fingerprint density at radius 3 is 2.89 bits per heavy atom. The largest absolute Gasteiger partial charge is 0.336 e. The molecule has 1 aromatic heterocycles. The molecule has 0 aromatic carbocycles. The molecule has 5 nitrogen and oxygen atoms in total. The highest BCUT2D eigenvalue weighted by Gasteiger charge is 2.20. The maximum atomic E-state index is 12.2. The average molecular weight is 248 g/mol. The molecule has 0 bridgehead atoms. The monoisotopic (exact) mass is 248 g/mol. The van der Waals surface area contributed by atoms with Gasteiger partial charge in [-0.05, 0) is 25.1 Å². The van der Waals surface area contributed by atoms with Crippen LogP contribution in [0.5, 0.6) is 0 Å². The van der Waals surface area contributed by atoms with Gasteiger partial charge in [-0.2, -0.15) is 0 Å². The molecule has 1 aromatic rings. The van der Waals surface area contributed by atoms with E-state index in [-0.39, 0.29) is 5.91 Å². The number of aromatic nitrogens is 1. The zero-order valence-electron chi connectivity index (χ0n) is 10.6. The van der Waals surface area contributed by atoms with E-state index in [1.807, 2.05) is 17.0 Å². The molecule has 2 rings (SSSR count). The fourth-order valence-electron chi connectivity index (χ4n) is 2.23. The third-order valence-electron chi connectivity index (χ3n) is 3.21. The average Bonchev–Trinajstić information content (AvgIpc) is 2.65. The van der Waals surface area contributed by atoms with Crippen LogP contribution >= 0.6 is 0 Å². The van der Waals surface area contributed by atoms with Gasteiger partial charge < -0.3 is 15.5 Å². The summed E-state index contributed by atoms with van der Waals surface area (Å²) in [5.74, 6) is 0.0326. The summed E-state index contributed by atoms with van der Waals surface area (Å²) in [6.45, 7) is 5.06. The number of rotatable bonds is 3. The Morgan fingerprint density at radius 1 is 1.28 bits per heavy atom. The molecule has 0 aliphatic carbocycles. The van der Waals surface area contributed by atoms with E-state index in [0.29, 0.717) is 12.2 Å². The van der Waals surface area contributed by atoms with Gasteiger partial charge in [0.1, 0.15) is 5.69 Å². The minimum absolute atomic E-state index is 0.0326. The SMILES string of the molecule is NCCN1CCCN(C(=O)c2ccccn2)CC1. The topological polar surface area (TPSA) is 62.5 Å². The lowest BCUT2D eigenvalue weighted by molar-refractivity contribution is 0.0756. The first-order chi connectivity index (χ1) is 8.81. The molecule has 2 heterocycles. The van der Waals surface area contributed by atoms with Crippen molar-refractivity contribution in [1.82, 2.24) is 14.8 Å². The van der Waals surface area contributed by atoms with Gasteiger partial charge in [0.25, 0.3) is 5.91 Å². The zero-order chi connectivity index (χ0) is 12.8. The van der Waals surface area contributed by atoms with E-state index >= 15 is 0 Å². The highest BCUT2D eigenvalue weighted by Crippen LogP contribution is 2.07. The van der Waals surface area contributed by atoms with Gasteiger partial charge in [-0.15, -0.1) is 0 Å². The zero-order valence-corrected chi connectivity index (χ0v) is 10.6. The van der Waals surface area contributed by atoms with Crippen LogP contribution < -0.4 is 5.73 Å². The third kappa shape index (κ3) is 3.27. The van der Waals surface area contributed by atoms with Crippen LogP contribution in [-0.2, 0) is 0 Å². The van der Waals surface area contributed by atoms with Crippen molar-refractivity contribution in [3.05, 3.63) is 30.1 Å². The third-order valence-corrected chi connectivity index (χ3v) is 3.21. The number of nitrogens with zero attached hydrogens (tertiary/aromatic N) is 3. The van der Waals surface area contributed by atoms with E-state index in [9.17, 15) is 4.79 Å². The number of hydrogen-bond acceptors (Lipinski definition) is 4. The van der Waals surface area contributed by atoms with Crippen LogP contribution in [-0.4, -0.2) is 60.0 Å². The Kier molecular flexibility index (Phi) is 4.66. The van der Waals surface area contributed by atoms with Gasteiger partial charge in [0, 0.05) is 38.9 Å². The van der Waals surface area contributed by atoms with Crippen LogP contribution in [0.2, 0.25) is 0 Å². The lowest BCUT2D eigenvalue weighted by atomic mass is 10.3. The molecule has 0 atom stereocenters. The maximum Gasteiger partial charge on any atom is 0.272 e. The van der Waals surface area contributed by atoms with E-state index in [1.165, 1.54) is 0 Å². The molecular formula is C13H20N4O. The molecule has 5 heteroatoms. The molecule has 0 spiro atoms. The van der Waals surface area contributed by atoms with Gasteiger partial charge in [-0.25, -0.2) is 0 Å². The van der Waals surface area contributed by atoms with Crippen molar-refractivity contribution in [3.63, 3.8) is 0 Å². The highest BCUT2D eigenvalue weighted by atomic mass is 16.2. The first kappa shape index (κ1) is 13.0. The molecule has 1 aliphatic heterocycles. The molecule has 1 fully saturated rings. The predicted molar refractivity (Wildman–Crippen MR) is 70.3 cm³/mol. The normalized spacial score (nSPS) is 17.5. The first-order valence-electron chi connectivity index (χ1n) is 6.44. The quantitative estimate of drug-likeness (QED) is 0.829. The van der Waals surface area contributed by atoms with E-state index in [0.717, 1.165) is 39.1 Å². The van der Waals surface area contributed by atoms with Crippen LogP contribution in [0.25, 0.3) is 0 Å². The predicted octanol–water partition coefficient (Wildman–Crippen LogP) is 0.188. The summed E-state index contributed by atoms with van der Waals surface area (Å²) in [5, 5.41) is 0. The number of amides is 1. The van der Waals surface area contributed by atoms with Crippen molar-refractivity contribution in [2.45, 2.75) is 6.42 Å². The number of hydrogen-bond donors (Lipinski definition) is 1. The van der Waals surface area contributed by atoms with Gasteiger partial charge in [-0.3, -0.25) is 9.78 Å². The Labute approximate surface area is 108 Å². The van der Waals surface area contributed by atoms with Crippen LogP contribution in [0.4, 0.5) is 0 Å². The molecule has 1 aliphatic rings. The molecule has 2 N–H and O–H groups in total. The van der Waals surface area contributed by atoms with Gasteiger partial charge >= 0.3 is 0 Å². The fraction of sp³-hybridized carbons (Fsp3) is 0.538.